The second kappa shape index (κ2) is 6.86. The van der Waals surface area contributed by atoms with Crippen LogP contribution in [0.3, 0.4) is 0 Å². The molecule has 2 atom stereocenters. The number of rotatable bonds is 6. The molecule has 0 aliphatic rings. The Morgan fingerprint density at radius 3 is 2.62 bits per heavy atom. The molecular weight excluding hydrogens is 170 g/mol. The fraction of sp³-hybridized carbons (Fsp3) is 0.889. The van der Waals surface area contributed by atoms with Gasteiger partial charge < -0.3 is 15.2 Å². The largest absolute Gasteiger partial charge is 0.468 e. The van der Waals surface area contributed by atoms with E-state index in [1.807, 2.05) is 13.8 Å². The third kappa shape index (κ3) is 4.85. The molecule has 0 heterocycles. The maximum absolute atomic E-state index is 11.1. The quantitative estimate of drug-likeness (QED) is 0.584. The van der Waals surface area contributed by atoms with Crippen LogP contribution < -0.4 is 5.32 Å². The monoisotopic (exact) mass is 189 g/mol. The SMILES string of the molecule is CCC(NCC(C)CO)C(=O)OC. The van der Waals surface area contributed by atoms with Crippen molar-refractivity contribution in [3.8, 4) is 0 Å². The van der Waals surface area contributed by atoms with Crippen LogP contribution in [0.1, 0.15) is 20.3 Å². The van der Waals surface area contributed by atoms with Gasteiger partial charge in [-0.2, -0.15) is 0 Å². The van der Waals surface area contributed by atoms with Gasteiger partial charge >= 0.3 is 5.97 Å². The number of hydrogen-bond donors (Lipinski definition) is 2. The Kier molecular flexibility index (Phi) is 6.54. The van der Waals surface area contributed by atoms with Crippen LogP contribution in [0.15, 0.2) is 0 Å². The zero-order chi connectivity index (χ0) is 10.3. The van der Waals surface area contributed by atoms with Gasteiger partial charge in [0.1, 0.15) is 6.04 Å². The van der Waals surface area contributed by atoms with E-state index in [1.54, 1.807) is 0 Å². The average molecular weight is 189 g/mol. The minimum Gasteiger partial charge on any atom is -0.468 e. The second-order valence-corrected chi connectivity index (χ2v) is 3.18. The van der Waals surface area contributed by atoms with Crippen molar-refractivity contribution in [2.75, 3.05) is 20.3 Å². The first-order valence-electron chi connectivity index (χ1n) is 4.57. The van der Waals surface area contributed by atoms with E-state index in [0.717, 1.165) is 0 Å². The molecule has 0 aromatic rings. The lowest BCUT2D eigenvalue weighted by molar-refractivity contribution is -0.143. The van der Waals surface area contributed by atoms with Crippen molar-refractivity contribution in [1.82, 2.24) is 5.32 Å². The second-order valence-electron chi connectivity index (χ2n) is 3.18. The van der Waals surface area contributed by atoms with E-state index < -0.39 is 0 Å². The van der Waals surface area contributed by atoms with Crippen molar-refractivity contribution >= 4 is 5.97 Å². The molecule has 2 N–H and O–H groups in total. The van der Waals surface area contributed by atoms with Crippen molar-refractivity contribution in [3.63, 3.8) is 0 Å². The smallest absolute Gasteiger partial charge is 0.322 e. The van der Waals surface area contributed by atoms with E-state index in [4.69, 9.17) is 5.11 Å². The summed E-state index contributed by atoms with van der Waals surface area (Å²) in [5.74, 6) is -0.0775. The first kappa shape index (κ1) is 12.4. The summed E-state index contributed by atoms with van der Waals surface area (Å²) in [6.45, 7) is 4.59. The van der Waals surface area contributed by atoms with Crippen molar-refractivity contribution in [1.29, 1.82) is 0 Å². The van der Waals surface area contributed by atoms with Gasteiger partial charge in [-0.1, -0.05) is 13.8 Å². The number of carbonyl (C=O) groups is 1. The van der Waals surface area contributed by atoms with E-state index in [9.17, 15) is 4.79 Å². The molecule has 0 radical (unpaired) electrons. The molecule has 0 aromatic carbocycles. The van der Waals surface area contributed by atoms with Crippen LogP contribution in [0.4, 0.5) is 0 Å². The first-order chi connectivity index (χ1) is 6.15. The number of aliphatic hydroxyl groups is 1. The Morgan fingerprint density at radius 2 is 2.23 bits per heavy atom. The van der Waals surface area contributed by atoms with Crippen molar-refractivity contribution < 1.29 is 14.6 Å². The van der Waals surface area contributed by atoms with Gasteiger partial charge in [-0.3, -0.25) is 4.79 Å². The van der Waals surface area contributed by atoms with Crippen LogP contribution in [0.2, 0.25) is 0 Å². The predicted octanol–water partition coefficient (Wildman–Crippen LogP) is 0.156. The van der Waals surface area contributed by atoms with Gasteiger partial charge in [-0.15, -0.1) is 0 Å². The molecule has 4 nitrogen and oxygen atoms in total. The molecule has 0 amide bonds. The summed E-state index contributed by atoms with van der Waals surface area (Å²) in [5.41, 5.74) is 0. The maximum Gasteiger partial charge on any atom is 0.322 e. The maximum atomic E-state index is 11.1. The number of methoxy groups -OCH3 is 1. The first-order valence-corrected chi connectivity index (χ1v) is 4.57. The van der Waals surface area contributed by atoms with E-state index >= 15 is 0 Å². The fourth-order valence-corrected chi connectivity index (χ4v) is 0.945. The van der Waals surface area contributed by atoms with Gasteiger partial charge in [0.15, 0.2) is 0 Å². The van der Waals surface area contributed by atoms with Crippen molar-refractivity contribution in [3.05, 3.63) is 0 Å². The van der Waals surface area contributed by atoms with E-state index in [0.29, 0.717) is 13.0 Å². The van der Waals surface area contributed by atoms with Gasteiger partial charge in [-0.25, -0.2) is 0 Å². The lowest BCUT2D eigenvalue weighted by atomic mass is 10.1. The Balaban J connectivity index is 3.78. The molecule has 4 heteroatoms. The van der Waals surface area contributed by atoms with Crippen LogP contribution in [-0.4, -0.2) is 37.4 Å². The summed E-state index contributed by atoms with van der Waals surface area (Å²) in [6.07, 6.45) is 0.699. The predicted molar refractivity (Wildman–Crippen MR) is 50.3 cm³/mol. The highest BCUT2D eigenvalue weighted by Gasteiger charge is 2.16. The topological polar surface area (TPSA) is 58.6 Å². The summed E-state index contributed by atoms with van der Waals surface area (Å²) in [5, 5.41) is 11.8. The third-order valence-electron chi connectivity index (χ3n) is 1.92. The Labute approximate surface area is 79.3 Å². The molecule has 0 fully saturated rings. The molecule has 0 saturated carbocycles. The number of carbonyl (C=O) groups excluding carboxylic acids is 1. The van der Waals surface area contributed by atoms with E-state index in [1.165, 1.54) is 7.11 Å². The number of hydrogen-bond acceptors (Lipinski definition) is 4. The van der Waals surface area contributed by atoms with Gasteiger partial charge in [0.2, 0.25) is 0 Å². The van der Waals surface area contributed by atoms with Crippen LogP contribution in [0, 0.1) is 5.92 Å². The van der Waals surface area contributed by atoms with Crippen molar-refractivity contribution in [2.24, 2.45) is 5.92 Å². The Hall–Kier alpha value is -0.610. The highest BCUT2D eigenvalue weighted by molar-refractivity contribution is 5.75. The van der Waals surface area contributed by atoms with Crippen LogP contribution in [0.25, 0.3) is 0 Å². The average Bonchev–Trinajstić information content (AvgIpc) is 2.17. The summed E-state index contributed by atoms with van der Waals surface area (Å²) in [4.78, 5) is 11.1. The Bertz CT molecular complexity index is 150. The molecule has 0 aliphatic heterocycles. The Morgan fingerprint density at radius 1 is 1.62 bits per heavy atom. The number of nitrogens with one attached hydrogen (secondary N) is 1. The van der Waals surface area contributed by atoms with Crippen LogP contribution in [-0.2, 0) is 9.53 Å². The molecule has 78 valence electrons. The lowest BCUT2D eigenvalue weighted by Gasteiger charge is -2.16. The van der Waals surface area contributed by atoms with Crippen molar-refractivity contribution in [2.45, 2.75) is 26.3 Å². The molecule has 0 saturated heterocycles. The zero-order valence-corrected chi connectivity index (χ0v) is 8.54. The lowest BCUT2D eigenvalue weighted by Crippen LogP contribution is -2.39. The summed E-state index contributed by atoms with van der Waals surface area (Å²) >= 11 is 0. The standard InChI is InChI=1S/C9H19NO3/c1-4-8(9(12)13-3)10-5-7(2)6-11/h7-8,10-11H,4-6H2,1-3H3. The number of aliphatic hydroxyl groups excluding tert-OH is 1. The van der Waals surface area contributed by atoms with E-state index in [-0.39, 0.29) is 24.5 Å². The fourth-order valence-electron chi connectivity index (χ4n) is 0.945. The normalized spacial score (nSPS) is 15.1. The molecule has 2 unspecified atom stereocenters. The van der Waals surface area contributed by atoms with Crippen LogP contribution >= 0.6 is 0 Å². The molecule has 0 bridgehead atoms. The highest BCUT2D eigenvalue weighted by atomic mass is 16.5. The number of ether oxygens (including phenoxy) is 1. The summed E-state index contributed by atoms with van der Waals surface area (Å²) in [7, 11) is 1.38. The number of esters is 1. The highest BCUT2D eigenvalue weighted by Crippen LogP contribution is 1.96. The van der Waals surface area contributed by atoms with Gasteiger partial charge in [0, 0.05) is 13.2 Å². The molecule has 0 rings (SSSR count). The van der Waals surface area contributed by atoms with Gasteiger partial charge in [0.25, 0.3) is 0 Å². The minimum absolute atomic E-state index is 0.130. The van der Waals surface area contributed by atoms with Gasteiger partial charge in [0.05, 0.1) is 7.11 Å². The zero-order valence-electron chi connectivity index (χ0n) is 8.54. The minimum atomic E-state index is -0.251. The third-order valence-corrected chi connectivity index (χ3v) is 1.92. The molecule has 0 spiro atoms. The molecule has 0 aliphatic carbocycles. The van der Waals surface area contributed by atoms with Gasteiger partial charge in [-0.05, 0) is 12.3 Å². The molecule has 13 heavy (non-hydrogen) atoms. The molecule has 0 aromatic heterocycles. The van der Waals surface area contributed by atoms with Crippen LogP contribution in [0.5, 0.6) is 0 Å². The van der Waals surface area contributed by atoms with E-state index in [2.05, 4.69) is 10.1 Å². The molecular formula is C9H19NO3. The summed E-state index contributed by atoms with van der Waals surface area (Å²) in [6, 6.07) is -0.251. The summed E-state index contributed by atoms with van der Waals surface area (Å²) < 4.78 is 4.61.